The summed E-state index contributed by atoms with van der Waals surface area (Å²) in [6.07, 6.45) is 0.904. The van der Waals surface area contributed by atoms with E-state index in [1.165, 1.54) is 0 Å². The van der Waals surface area contributed by atoms with Crippen LogP contribution in [0.3, 0.4) is 0 Å². The maximum atomic E-state index is 13.1. The number of carbonyl (C=O) groups is 3. The average molecular weight is 481 g/mol. The highest BCUT2D eigenvalue weighted by atomic mass is 16.5. The van der Waals surface area contributed by atoms with E-state index in [-0.39, 0.29) is 30.2 Å². The minimum absolute atomic E-state index is 0.00435. The summed E-state index contributed by atoms with van der Waals surface area (Å²) in [7, 11) is 3.19. The third-order valence-electron chi connectivity index (χ3n) is 6.59. The van der Waals surface area contributed by atoms with Gasteiger partial charge in [0.15, 0.2) is 11.5 Å². The number of hydrogen-bond acceptors (Lipinski definition) is 5. The van der Waals surface area contributed by atoms with Crippen molar-refractivity contribution in [1.29, 1.82) is 0 Å². The van der Waals surface area contributed by atoms with E-state index in [9.17, 15) is 14.4 Å². The van der Waals surface area contributed by atoms with Crippen LogP contribution in [-0.4, -0.2) is 86.0 Å². The third kappa shape index (κ3) is 5.85. The van der Waals surface area contributed by atoms with Gasteiger partial charge >= 0.3 is 6.03 Å². The van der Waals surface area contributed by atoms with Gasteiger partial charge in [-0.2, -0.15) is 0 Å². The van der Waals surface area contributed by atoms with Crippen molar-refractivity contribution in [2.75, 3.05) is 58.8 Å². The average Bonchev–Trinajstić information content (AvgIpc) is 3.27. The van der Waals surface area contributed by atoms with Gasteiger partial charge in [0.05, 0.1) is 20.1 Å². The van der Waals surface area contributed by atoms with Gasteiger partial charge < -0.3 is 29.5 Å². The second-order valence-electron chi connectivity index (χ2n) is 8.79. The normalized spacial score (nSPS) is 17.9. The number of benzene rings is 2. The van der Waals surface area contributed by atoms with E-state index in [0.29, 0.717) is 57.2 Å². The van der Waals surface area contributed by atoms with Crippen molar-refractivity contribution in [2.24, 2.45) is 5.92 Å². The fourth-order valence-corrected chi connectivity index (χ4v) is 4.57. The lowest BCUT2D eigenvalue weighted by atomic mass is 10.1. The van der Waals surface area contributed by atoms with Crippen molar-refractivity contribution in [3.63, 3.8) is 0 Å². The Morgan fingerprint density at radius 3 is 2.31 bits per heavy atom. The maximum absolute atomic E-state index is 13.1. The number of methoxy groups -OCH3 is 2. The molecule has 2 aliphatic heterocycles. The minimum atomic E-state index is -0.336. The number of urea groups is 1. The van der Waals surface area contributed by atoms with E-state index in [2.05, 4.69) is 5.32 Å². The first kappa shape index (κ1) is 24.4. The molecule has 2 fully saturated rings. The van der Waals surface area contributed by atoms with E-state index in [4.69, 9.17) is 9.47 Å². The highest BCUT2D eigenvalue weighted by Crippen LogP contribution is 2.28. The standard InChI is InChI=1S/C26H32N4O5/c1-34-22-9-8-19(16-23(22)35-2)10-11-30-18-20(17-24(30)31)25(32)28-12-14-29(15-13-28)26(33)27-21-6-4-3-5-7-21/h3-9,16,20H,10-15,17-18H2,1-2H3,(H,27,33)/t20-/m1/s1. The van der Waals surface area contributed by atoms with Crippen LogP contribution in [0.1, 0.15) is 12.0 Å². The number of anilines is 1. The zero-order valence-electron chi connectivity index (χ0n) is 20.2. The van der Waals surface area contributed by atoms with Gasteiger partial charge in [-0.1, -0.05) is 24.3 Å². The van der Waals surface area contributed by atoms with Crippen molar-refractivity contribution < 1.29 is 23.9 Å². The minimum Gasteiger partial charge on any atom is -0.493 e. The number of hydrogen-bond donors (Lipinski definition) is 1. The van der Waals surface area contributed by atoms with Gasteiger partial charge in [0.1, 0.15) is 0 Å². The smallest absolute Gasteiger partial charge is 0.321 e. The van der Waals surface area contributed by atoms with Crippen LogP contribution in [0.15, 0.2) is 48.5 Å². The first-order chi connectivity index (χ1) is 17.0. The number of nitrogens with zero attached hydrogens (tertiary/aromatic N) is 3. The third-order valence-corrected chi connectivity index (χ3v) is 6.59. The van der Waals surface area contributed by atoms with E-state index in [0.717, 1.165) is 11.3 Å². The molecule has 0 unspecified atom stereocenters. The topological polar surface area (TPSA) is 91.4 Å². The molecule has 0 radical (unpaired) electrons. The molecule has 0 spiro atoms. The molecule has 35 heavy (non-hydrogen) atoms. The van der Waals surface area contributed by atoms with E-state index in [1.807, 2.05) is 48.5 Å². The quantitative estimate of drug-likeness (QED) is 0.658. The van der Waals surface area contributed by atoms with Gasteiger partial charge in [0, 0.05) is 51.4 Å². The molecule has 1 N–H and O–H groups in total. The van der Waals surface area contributed by atoms with Crippen molar-refractivity contribution in [3.05, 3.63) is 54.1 Å². The second kappa shape index (κ2) is 11.1. The number of amides is 4. The van der Waals surface area contributed by atoms with Gasteiger partial charge in [-0.3, -0.25) is 9.59 Å². The Morgan fingerprint density at radius 2 is 1.63 bits per heavy atom. The van der Waals surface area contributed by atoms with E-state index in [1.54, 1.807) is 28.9 Å². The Balaban J connectivity index is 1.25. The number of ether oxygens (including phenoxy) is 2. The van der Waals surface area contributed by atoms with E-state index < -0.39 is 0 Å². The summed E-state index contributed by atoms with van der Waals surface area (Å²) in [6.45, 7) is 2.85. The van der Waals surface area contributed by atoms with Gasteiger partial charge in [-0.05, 0) is 36.2 Å². The summed E-state index contributed by atoms with van der Waals surface area (Å²) in [5, 5.41) is 2.88. The molecule has 2 saturated heterocycles. The van der Waals surface area contributed by atoms with Gasteiger partial charge in [-0.15, -0.1) is 0 Å². The number of para-hydroxylation sites is 1. The monoisotopic (exact) mass is 480 g/mol. The Kier molecular flexibility index (Phi) is 7.74. The number of piperazine rings is 1. The number of carbonyl (C=O) groups excluding carboxylic acids is 3. The summed E-state index contributed by atoms with van der Waals surface area (Å²) in [5.41, 5.74) is 1.78. The number of rotatable bonds is 7. The highest BCUT2D eigenvalue weighted by molar-refractivity contribution is 5.91. The maximum Gasteiger partial charge on any atom is 0.321 e. The van der Waals surface area contributed by atoms with Crippen molar-refractivity contribution in [1.82, 2.24) is 14.7 Å². The lowest BCUT2D eigenvalue weighted by Crippen LogP contribution is -2.53. The molecule has 0 saturated carbocycles. The molecular formula is C26H32N4O5. The van der Waals surface area contributed by atoms with Crippen molar-refractivity contribution >= 4 is 23.5 Å². The summed E-state index contributed by atoms with van der Waals surface area (Å²) >= 11 is 0. The molecule has 2 aromatic rings. The molecule has 4 amide bonds. The Morgan fingerprint density at radius 1 is 0.943 bits per heavy atom. The van der Waals surface area contributed by atoms with Crippen LogP contribution in [0.5, 0.6) is 11.5 Å². The van der Waals surface area contributed by atoms with E-state index >= 15 is 0 Å². The van der Waals surface area contributed by atoms with Crippen LogP contribution in [0.2, 0.25) is 0 Å². The lowest BCUT2D eigenvalue weighted by Gasteiger charge is -2.35. The first-order valence-corrected chi connectivity index (χ1v) is 11.9. The molecule has 186 valence electrons. The Hall–Kier alpha value is -3.75. The molecule has 2 aliphatic rings. The molecule has 0 aromatic heterocycles. The molecule has 4 rings (SSSR count). The van der Waals surface area contributed by atoms with Crippen LogP contribution < -0.4 is 14.8 Å². The molecular weight excluding hydrogens is 448 g/mol. The fraction of sp³-hybridized carbons (Fsp3) is 0.423. The first-order valence-electron chi connectivity index (χ1n) is 11.9. The summed E-state index contributed by atoms with van der Waals surface area (Å²) in [4.78, 5) is 43.4. The largest absolute Gasteiger partial charge is 0.493 e. The van der Waals surface area contributed by atoms with Crippen LogP contribution in [0.4, 0.5) is 10.5 Å². The number of nitrogens with one attached hydrogen (secondary N) is 1. The Labute approximate surface area is 205 Å². The molecule has 1 atom stereocenters. The Bertz CT molecular complexity index is 1050. The molecule has 0 aliphatic carbocycles. The number of likely N-dealkylation sites (tertiary alicyclic amines) is 1. The summed E-state index contributed by atoms with van der Waals surface area (Å²) in [5.74, 6) is 0.983. The molecule has 0 bridgehead atoms. The van der Waals surface area contributed by atoms with Crippen LogP contribution in [-0.2, 0) is 16.0 Å². The van der Waals surface area contributed by atoms with Crippen molar-refractivity contribution in [3.8, 4) is 11.5 Å². The summed E-state index contributed by atoms with van der Waals surface area (Å²) < 4.78 is 10.6. The van der Waals surface area contributed by atoms with Gasteiger partial charge in [-0.25, -0.2) is 4.79 Å². The van der Waals surface area contributed by atoms with Gasteiger partial charge in [0.2, 0.25) is 11.8 Å². The van der Waals surface area contributed by atoms with Crippen LogP contribution in [0, 0.1) is 5.92 Å². The van der Waals surface area contributed by atoms with Gasteiger partial charge in [0.25, 0.3) is 0 Å². The summed E-state index contributed by atoms with van der Waals surface area (Å²) in [6, 6.07) is 14.9. The zero-order chi connectivity index (χ0) is 24.8. The fourth-order valence-electron chi connectivity index (χ4n) is 4.57. The SMILES string of the molecule is COc1ccc(CCN2C[C@H](C(=O)N3CCN(C(=O)Nc4ccccc4)CC3)CC2=O)cc1OC. The molecule has 9 heteroatoms. The molecule has 9 nitrogen and oxygen atoms in total. The molecule has 2 heterocycles. The predicted molar refractivity (Wildman–Crippen MR) is 132 cm³/mol. The van der Waals surface area contributed by atoms with Crippen LogP contribution >= 0.6 is 0 Å². The predicted octanol–water partition coefficient (Wildman–Crippen LogP) is 2.47. The van der Waals surface area contributed by atoms with Crippen LogP contribution in [0.25, 0.3) is 0 Å². The second-order valence-corrected chi connectivity index (χ2v) is 8.79. The highest BCUT2D eigenvalue weighted by Gasteiger charge is 2.37. The molecule has 2 aromatic carbocycles. The zero-order valence-corrected chi connectivity index (χ0v) is 20.2. The van der Waals surface area contributed by atoms with Crippen molar-refractivity contribution in [2.45, 2.75) is 12.8 Å². The lowest BCUT2D eigenvalue weighted by molar-refractivity contribution is -0.137.